The van der Waals surface area contributed by atoms with Gasteiger partial charge < -0.3 is 10.2 Å². The number of hydrogen-bond donors (Lipinski definition) is 1. The highest BCUT2D eigenvalue weighted by molar-refractivity contribution is 9.10. The number of benzene rings is 2. The van der Waals surface area contributed by atoms with Crippen LogP contribution in [0.25, 0.3) is 0 Å². The molecule has 0 aliphatic carbocycles. The average Bonchev–Trinajstić information content (AvgIpc) is 2.75. The number of carbonyl (C=O) groups excluding carboxylic acids is 2. The number of anilines is 1. The minimum atomic E-state index is -3.75. The lowest BCUT2D eigenvalue weighted by Gasteiger charge is -2.32. The highest BCUT2D eigenvalue weighted by Crippen LogP contribution is 2.23. The van der Waals surface area contributed by atoms with Gasteiger partial charge in [-0.3, -0.25) is 13.9 Å². The summed E-state index contributed by atoms with van der Waals surface area (Å²) < 4.78 is 27.7. The third-order valence-corrected chi connectivity index (χ3v) is 7.37. The largest absolute Gasteiger partial charge is 0.352 e. The minimum Gasteiger partial charge on any atom is -0.352 e. The second-order valence-corrected chi connectivity index (χ2v) is 11.6. The topological polar surface area (TPSA) is 86.8 Å². The zero-order valence-corrected chi connectivity index (χ0v) is 23.1. The smallest absolute Gasteiger partial charge is 0.244 e. The SMILES string of the molecule is CC[C@@H](C)NC(=O)[C@H](C)N(Cc1ccc(Br)cc1)C(=O)CN(c1cccc(Br)c1)S(C)(=O)=O. The summed E-state index contributed by atoms with van der Waals surface area (Å²) in [5.74, 6) is -0.765. The van der Waals surface area contributed by atoms with Gasteiger partial charge in [-0.2, -0.15) is 0 Å². The van der Waals surface area contributed by atoms with Gasteiger partial charge in [0.15, 0.2) is 0 Å². The number of halogens is 2. The van der Waals surface area contributed by atoms with Gasteiger partial charge in [-0.25, -0.2) is 8.42 Å². The fraction of sp³-hybridized carbons (Fsp3) is 0.391. The van der Waals surface area contributed by atoms with Crippen LogP contribution in [-0.4, -0.2) is 50.0 Å². The summed E-state index contributed by atoms with van der Waals surface area (Å²) in [5, 5.41) is 2.90. The van der Waals surface area contributed by atoms with Crippen LogP contribution in [0.2, 0.25) is 0 Å². The molecule has 10 heteroatoms. The van der Waals surface area contributed by atoms with E-state index in [1.54, 1.807) is 31.2 Å². The highest BCUT2D eigenvalue weighted by atomic mass is 79.9. The van der Waals surface area contributed by atoms with E-state index in [0.29, 0.717) is 10.2 Å². The second-order valence-electron chi connectivity index (χ2n) is 7.89. The molecule has 2 aromatic carbocycles. The number of amides is 2. The van der Waals surface area contributed by atoms with Gasteiger partial charge in [0, 0.05) is 21.5 Å². The predicted molar refractivity (Wildman–Crippen MR) is 138 cm³/mol. The Bertz CT molecular complexity index is 1080. The zero-order valence-electron chi connectivity index (χ0n) is 19.1. The molecule has 0 aromatic heterocycles. The molecule has 0 fully saturated rings. The quantitative estimate of drug-likeness (QED) is 0.439. The van der Waals surface area contributed by atoms with Crippen LogP contribution in [0.1, 0.15) is 32.8 Å². The van der Waals surface area contributed by atoms with Crippen molar-refractivity contribution in [2.75, 3.05) is 17.1 Å². The Morgan fingerprint density at radius 3 is 2.21 bits per heavy atom. The van der Waals surface area contributed by atoms with Crippen molar-refractivity contribution in [2.45, 2.75) is 45.8 Å². The van der Waals surface area contributed by atoms with Crippen molar-refractivity contribution in [3.63, 3.8) is 0 Å². The van der Waals surface area contributed by atoms with Gasteiger partial charge in [-0.1, -0.05) is 57.0 Å². The van der Waals surface area contributed by atoms with Crippen molar-refractivity contribution in [3.8, 4) is 0 Å². The van der Waals surface area contributed by atoms with Gasteiger partial charge >= 0.3 is 0 Å². The molecule has 2 atom stereocenters. The van der Waals surface area contributed by atoms with Crippen molar-refractivity contribution in [1.29, 1.82) is 0 Å². The van der Waals surface area contributed by atoms with Gasteiger partial charge in [-0.15, -0.1) is 0 Å². The molecule has 180 valence electrons. The maximum absolute atomic E-state index is 13.4. The van der Waals surface area contributed by atoms with E-state index in [1.165, 1.54) is 4.90 Å². The first-order valence-electron chi connectivity index (χ1n) is 10.5. The number of rotatable bonds is 10. The van der Waals surface area contributed by atoms with Crippen molar-refractivity contribution in [3.05, 3.63) is 63.0 Å². The number of nitrogens with zero attached hydrogens (tertiary/aromatic N) is 2. The first-order chi connectivity index (χ1) is 15.4. The Labute approximate surface area is 212 Å². The summed E-state index contributed by atoms with van der Waals surface area (Å²) in [6.45, 7) is 5.24. The number of carbonyl (C=O) groups is 2. The summed E-state index contributed by atoms with van der Waals surface area (Å²) in [5.41, 5.74) is 1.18. The lowest BCUT2D eigenvalue weighted by Crippen LogP contribution is -2.52. The second kappa shape index (κ2) is 12.0. The first-order valence-corrected chi connectivity index (χ1v) is 13.9. The van der Waals surface area contributed by atoms with Gasteiger partial charge in [0.1, 0.15) is 12.6 Å². The molecule has 0 unspecified atom stereocenters. The average molecular weight is 603 g/mol. The lowest BCUT2D eigenvalue weighted by molar-refractivity contribution is -0.139. The molecule has 0 bridgehead atoms. The Morgan fingerprint density at radius 1 is 1.03 bits per heavy atom. The van der Waals surface area contributed by atoms with Gasteiger partial charge in [0.2, 0.25) is 21.8 Å². The Morgan fingerprint density at radius 2 is 1.67 bits per heavy atom. The maximum Gasteiger partial charge on any atom is 0.244 e. The van der Waals surface area contributed by atoms with Crippen LogP contribution >= 0.6 is 31.9 Å². The predicted octanol–water partition coefficient (Wildman–Crippen LogP) is 4.31. The third kappa shape index (κ3) is 8.12. The summed E-state index contributed by atoms with van der Waals surface area (Å²) in [6, 6.07) is 13.3. The van der Waals surface area contributed by atoms with E-state index >= 15 is 0 Å². The van der Waals surface area contributed by atoms with Crippen LogP contribution < -0.4 is 9.62 Å². The van der Waals surface area contributed by atoms with E-state index in [9.17, 15) is 18.0 Å². The van der Waals surface area contributed by atoms with Crippen LogP contribution in [0.15, 0.2) is 57.5 Å². The molecule has 0 aliphatic heterocycles. The molecule has 0 saturated heterocycles. The third-order valence-electron chi connectivity index (χ3n) is 5.21. The van der Waals surface area contributed by atoms with Gasteiger partial charge in [0.25, 0.3) is 0 Å². The normalized spacial score (nSPS) is 13.2. The fourth-order valence-corrected chi connectivity index (χ4v) is 4.57. The molecule has 1 N–H and O–H groups in total. The van der Waals surface area contributed by atoms with Crippen molar-refractivity contribution < 1.29 is 18.0 Å². The van der Waals surface area contributed by atoms with Crippen LogP contribution in [0.4, 0.5) is 5.69 Å². The Hall–Kier alpha value is -1.91. The number of hydrogen-bond acceptors (Lipinski definition) is 4. The molecule has 0 radical (unpaired) electrons. The van der Waals surface area contributed by atoms with E-state index in [1.807, 2.05) is 38.1 Å². The molecule has 0 aliphatic rings. The Balaban J connectivity index is 2.37. The lowest BCUT2D eigenvalue weighted by atomic mass is 10.1. The van der Waals surface area contributed by atoms with Crippen molar-refractivity contribution in [2.24, 2.45) is 0 Å². The summed E-state index contributed by atoms with van der Waals surface area (Å²) in [7, 11) is -3.75. The van der Waals surface area contributed by atoms with Gasteiger partial charge in [-0.05, 0) is 56.2 Å². The highest BCUT2D eigenvalue weighted by Gasteiger charge is 2.30. The molecule has 2 aromatic rings. The minimum absolute atomic E-state index is 0.0428. The van der Waals surface area contributed by atoms with Crippen molar-refractivity contribution in [1.82, 2.24) is 10.2 Å². The monoisotopic (exact) mass is 601 g/mol. The summed E-state index contributed by atoms with van der Waals surface area (Å²) in [4.78, 5) is 27.7. The van der Waals surface area contributed by atoms with E-state index in [0.717, 1.165) is 27.0 Å². The van der Waals surface area contributed by atoms with Crippen molar-refractivity contribution >= 4 is 59.4 Å². The molecule has 0 heterocycles. The van der Waals surface area contributed by atoms with Crippen LogP contribution in [0.3, 0.4) is 0 Å². The van der Waals surface area contributed by atoms with Crippen LogP contribution in [0, 0.1) is 0 Å². The van der Waals surface area contributed by atoms with Gasteiger partial charge in [0.05, 0.1) is 11.9 Å². The first kappa shape index (κ1) is 27.3. The summed E-state index contributed by atoms with van der Waals surface area (Å²) >= 11 is 6.73. The number of sulfonamides is 1. The molecule has 0 spiro atoms. The van der Waals surface area contributed by atoms with Crippen LogP contribution in [-0.2, 0) is 26.2 Å². The maximum atomic E-state index is 13.4. The molecular weight excluding hydrogens is 574 g/mol. The van der Waals surface area contributed by atoms with E-state index < -0.39 is 28.5 Å². The van der Waals surface area contributed by atoms with E-state index in [-0.39, 0.29) is 18.5 Å². The molecule has 0 saturated carbocycles. The molecule has 2 rings (SSSR count). The standard InChI is InChI=1S/C23H29Br2N3O4S/c1-5-16(2)26-23(30)17(3)27(14-18-9-11-19(24)12-10-18)22(29)15-28(33(4,31)32)21-8-6-7-20(25)13-21/h6-13,16-17H,5,14-15H2,1-4H3,(H,26,30)/t16-,17+/m1/s1. The Kier molecular flexibility index (Phi) is 9.93. The molecular formula is C23H29Br2N3O4S. The number of nitrogens with one attached hydrogen (secondary N) is 1. The molecule has 7 nitrogen and oxygen atoms in total. The van der Waals surface area contributed by atoms with E-state index in [2.05, 4.69) is 37.2 Å². The molecule has 33 heavy (non-hydrogen) atoms. The van der Waals surface area contributed by atoms with Crippen LogP contribution in [0.5, 0.6) is 0 Å². The fourth-order valence-electron chi connectivity index (χ4n) is 3.08. The molecule has 2 amide bonds. The zero-order chi connectivity index (χ0) is 24.8. The van der Waals surface area contributed by atoms with E-state index in [4.69, 9.17) is 0 Å². The summed E-state index contributed by atoms with van der Waals surface area (Å²) in [6.07, 6.45) is 1.81.